The highest BCUT2D eigenvalue weighted by Gasteiger charge is 2.57. The Bertz CT molecular complexity index is 921. The number of carbonyl (C=O) groups is 1. The van der Waals surface area contributed by atoms with Crippen molar-refractivity contribution in [1.29, 1.82) is 0 Å². The molecule has 1 N–H and O–H groups in total. The highest BCUT2D eigenvalue weighted by molar-refractivity contribution is 5.92. The molecule has 2 heterocycles. The molecule has 0 unspecified atom stereocenters. The van der Waals surface area contributed by atoms with Gasteiger partial charge >= 0.3 is 5.97 Å². The number of hydrogen-bond donors (Lipinski definition) is 1. The molecule has 1 spiro atoms. The normalized spacial score (nSPS) is 26.2. The number of para-hydroxylation sites is 1. The van der Waals surface area contributed by atoms with Gasteiger partial charge in [0.15, 0.2) is 0 Å². The van der Waals surface area contributed by atoms with E-state index in [1.807, 2.05) is 0 Å². The van der Waals surface area contributed by atoms with Crippen LogP contribution in [0.2, 0.25) is 0 Å². The van der Waals surface area contributed by atoms with Crippen molar-refractivity contribution >= 4 is 11.7 Å². The van der Waals surface area contributed by atoms with E-state index in [-0.39, 0.29) is 11.4 Å². The third-order valence-corrected chi connectivity index (χ3v) is 6.55. The number of nitrogens with zero attached hydrogens (tertiary/aromatic N) is 1. The SMILES string of the molecule is COC(=O)C1=C2Nc3ccccc3[C@]23CCN(Cc2ccccc2)[C@@H]3CC1. The summed E-state index contributed by atoms with van der Waals surface area (Å²) in [5.41, 5.74) is 5.61. The van der Waals surface area contributed by atoms with Crippen LogP contribution in [0.4, 0.5) is 5.69 Å². The summed E-state index contributed by atoms with van der Waals surface area (Å²) in [7, 11) is 1.48. The van der Waals surface area contributed by atoms with E-state index >= 15 is 0 Å². The van der Waals surface area contributed by atoms with E-state index in [0.29, 0.717) is 6.04 Å². The number of benzene rings is 2. The van der Waals surface area contributed by atoms with Gasteiger partial charge in [-0.05, 0) is 36.5 Å². The van der Waals surface area contributed by atoms with Crippen LogP contribution in [0.3, 0.4) is 0 Å². The van der Waals surface area contributed by atoms with Crippen LogP contribution in [0.5, 0.6) is 0 Å². The number of carbonyl (C=O) groups excluding carboxylic acids is 1. The van der Waals surface area contributed by atoms with Crippen LogP contribution in [-0.4, -0.2) is 30.6 Å². The predicted molar refractivity (Wildman–Crippen MR) is 105 cm³/mol. The molecule has 4 heteroatoms. The highest BCUT2D eigenvalue weighted by Crippen LogP contribution is 2.57. The van der Waals surface area contributed by atoms with Gasteiger partial charge in [-0.25, -0.2) is 4.79 Å². The zero-order valence-corrected chi connectivity index (χ0v) is 15.6. The molecule has 3 aliphatic rings. The smallest absolute Gasteiger partial charge is 0.335 e. The monoisotopic (exact) mass is 360 g/mol. The van der Waals surface area contributed by atoms with Crippen LogP contribution >= 0.6 is 0 Å². The van der Waals surface area contributed by atoms with E-state index in [1.54, 1.807) is 0 Å². The van der Waals surface area contributed by atoms with Crippen molar-refractivity contribution in [2.45, 2.75) is 37.3 Å². The van der Waals surface area contributed by atoms with Crippen LogP contribution in [0, 0.1) is 0 Å². The molecule has 2 aromatic carbocycles. The maximum atomic E-state index is 12.5. The molecule has 0 saturated carbocycles. The van der Waals surface area contributed by atoms with Gasteiger partial charge in [0.25, 0.3) is 0 Å². The van der Waals surface area contributed by atoms with Gasteiger partial charge in [-0.3, -0.25) is 4.90 Å². The van der Waals surface area contributed by atoms with Crippen LogP contribution in [0.25, 0.3) is 0 Å². The Morgan fingerprint density at radius 3 is 2.78 bits per heavy atom. The van der Waals surface area contributed by atoms with Crippen molar-refractivity contribution in [3.8, 4) is 0 Å². The minimum atomic E-state index is -0.190. The minimum Gasteiger partial charge on any atom is -0.466 e. The third-order valence-electron chi connectivity index (χ3n) is 6.55. The summed E-state index contributed by atoms with van der Waals surface area (Å²) >= 11 is 0. The quantitative estimate of drug-likeness (QED) is 0.845. The molecule has 1 saturated heterocycles. The van der Waals surface area contributed by atoms with Crippen LogP contribution in [0.15, 0.2) is 65.9 Å². The summed E-state index contributed by atoms with van der Waals surface area (Å²) in [6, 6.07) is 19.6. The lowest BCUT2D eigenvalue weighted by Gasteiger charge is -2.41. The second kappa shape index (κ2) is 6.24. The lowest BCUT2D eigenvalue weighted by atomic mass is 9.67. The largest absolute Gasteiger partial charge is 0.466 e. The average Bonchev–Trinajstić information content (AvgIpc) is 3.25. The third kappa shape index (κ3) is 2.36. The van der Waals surface area contributed by atoms with Gasteiger partial charge in [-0.15, -0.1) is 0 Å². The molecule has 1 aliphatic carbocycles. The van der Waals surface area contributed by atoms with Crippen LogP contribution in [0.1, 0.15) is 30.4 Å². The minimum absolute atomic E-state index is 0.118. The second-order valence-corrected chi connectivity index (χ2v) is 7.75. The number of nitrogens with one attached hydrogen (secondary N) is 1. The molecule has 1 fully saturated rings. The molecule has 0 radical (unpaired) electrons. The summed E-state index contributed by atoms with van der Waals surface area (Å²) in [5, 5.41) is 3.60. The first-order chi connectivity index (χ1) is 13.2. The maximum Gasteiger partial charge on any atom is 0.335 e. The predicted octanol–water partition coefficient (Wildman–Crippen LogP) is 3.85. The molecule has 0 amide bonds. The zero-order chi connectivity index (χ0) is 18.4. The van der Waals surface area contributed by atoms with E-state index in [2.05, 4.69) is 64.8 Å². The van der Waals surface area contributed by atoms with E-state index in [9.17, 15) is 4.79 Å². The van der Waals surface area contributed by atoms with Crippen molar-refractivity contribution in [3.05, 3.63) is 77.0 Å². The number of esters is 1. The maximum absolute atomic E-state index is 12.5. The standard InChI is InChI=1S/C23H24N2O2/c1-27-22(26)17-11-12-20-23(18-9-5-6-10-19(18)24-21(17)23)13-14-25(20)15-16-7-3-2-4-8-16/h2-10,20,24H,11-15H2,1H3/t20-,23+/m1/s1. The summed E-state index contributed by atoms with van der Waals surface area (Å²) in [6.45, 7) is 1.99. The number of hydrogen-bond acceptors (Lipinski definition) is 4. The fourth-order valence-electron chi connectivity index (χ4n) is 5.44. The van der Waals surface area contributed by atoms with Gasteiger partial charge in [-0.1, -0.05) is 48.5 Å². The Morgan fingerprint density at radius 1 is 1.19 bits per heavy atom. The number of ether oxygens (including phenoxy) is 1. The molecule has 2 atom stereocenters. The number of methoxy groups -OCH3 is 1. The summed E-state index contributed by atoms with van der Waals surface area (Å²) in [5.74, 6) is -0.190. The Labute approximate surface area is 159 Å². The molecule has 0 aromatic heterocycles. The first kappa shape index (κ1) is 16.6. The van der Waals surface area contributed by atoms with Crippen LogP contribution in [-0.2, 0) is 21.5 Å². The van der Waals surface area contributed by atoms with Gasteiger partial charge in [0.05, 0.1) is 18.1 Å². The molecule has 2 aliphatic heterocycles. The summed E-state index contributed by atoms with van der Waals surface area (Å²) in [4.78, 5) is 15.1. The fourth-order valence-corrected chi connectivity index (χ4v) is 5.44. The number of likely N-dealkylation sites (tertiary alicyclic amines) is 1. The van der Waals surface area contributed by atoms with Gasteiger partial charge in [-0.2, -0.15) is 0 Å². The molecule has 4 nitrogen and oxygen atoms in total. The second-order valence-electron chi connectivity index (χ2n) is 7.75. The van der Waals surface area contributed by atoms with Crippen molar-refractivity contribution < 1.29 is 9.53 Å². The van der Waals surface area contributed by atoms with Crippen molar-refractivity contribution in [3.63, 3.8) is 0 Å². The van der Waals surface area contributed by atoms with Crippen LogP contribution < -0.4 is 5.32 Å². The van der Waals surface area contributed by atoms with Crippen molar-refractivity contribution in [2.75, 3.05) is 19.0 Å². The highest BCUT2D eigenvalue weighted by atomic mass is 16.5. The van der Waals surface area contributed by atoms with Gasteiger partial charge in [0, 0.05) is 30.5 Å². The Kier molecular flexibility index (Phi) is 3.83. The Hall–Kier alpha value is -2.59. The summed E-state index contributed by atoms with van der Waals surface area (Å²) in [6.07, 6.45) is 2.78. The summed E-state index contributed by atoms with van der Waals surface area (Å²) < 4.78 is 5.11. The Morgan fingerprint density at radius 2 is 1.96 bits per heavy atom. The molecule has 2 aromatic rings. The first-order valence-electron chi connectivity index (χ1n) is 9.70. The molecular weight excluding hydrogens is 336 g/mol. The topological polar surface area (TPSA) is 41.6 Å². The lowest BCUT2D eigenvalue weighted by Crippen LogP contribution is -2.46. The lowest BCUT2D eigenvalue weighted by molar-refractivity contribution is -0.136. The molecule has 5 rings (SSSR count). The fraction of sp³-hybridized carbons (Fsp3) is 0.348. The van der Waals surface area contributed by atoms with Crippen molar-refractivity contribution in [1.82, 2.24) is 4.90 Å². The van der Waals surface area contributed by atoms with E-state index in [0.717, 1.165) is 49.3 Å². The van der Waals surface area contributed by atoms with Gasteiger partial charge in [0.1, 0.15) is 0 Å². The van der Waals surface area contributed by atoms with Gasteiger partial charge in [0.2, 0.25) is 0 Å². The first-order valence-corrected chi connectivity index (χ1v) is 9.70. The van der Waals surface area contributed by atoms with Gasteiger partial charge < -0.3 is 10.1 Å². The zero-order valence-electron chi connectivity index (χ0n) is 15.6. The number of rotatable bonds is 3. The molecule has 0 bridgehead atoms. The average molecular weight is 360 g/mol. The van der Waals surface area contributed by atoms with E-state index < -0.39 is 0 Å². The van der Waals surface area contributed by atoms with E-state index in [1.165, 1.54) is 18.2 Å². The number of anilines is 1. The van der Waals surface area contributed by atoms with E-state index in [4.69, 9.17) is 4.74 Å². The molecule has 138 valence electrons. The molecule has 27 heavy (non-hydrogen) atoms. The Balaban J connectivity index is 1.60. The van der Waals surface area contributed by atoms with Crippen molar-refractivity contribution in [2.24, 2.45) is 0 Å². The molecular formula is C23H24N2O2. The number of fused-ring (bicyclic) bond motifs is 1.